The van der Waals surface area contributed by atoms with Crippen LogP contribution in [0.1, 0.15) is 16.8 Å². The summed E-state index contributed by atoms with van der Waals surface area (Å²) in [7, 11) is 1.01. The molecule has 0 fully saturated rings. The van der Waals surface area contributed by atoms with Gasteiger partial charge in [0.25, 0.3) is 0 Å². The largest absolute Gasteiger partial charge is 0.390 e. The molecule has 0 radical (unpaired) electrons. The van der Waals surface area contributed by atoms with Gasteiger partial charge in [0, 0.05) is 6.20 Å². The van der Waals surface area contributed by atoms with Crippen LogP contribution in [0.25, 0.3) is 0 Å². The average Bonchev–Trinajstić information content (AvgIpc) is 2.06. The lowest BCUT2D eigenvalue weighted by molar-refractivity contribution is 0.276. The van der Waals surface area contributed by atoms with Crippen LogP contribution in [0.4, 0.5) is 0 Å². The van der Waals surface area contributed by atoms with Crippen molar-refractivity contribution in [2.24, 2.45) is 0 Å². The van der Waals surface area contributed by atoms with Crippen LogP contribution < -0.4 is 5.46 Å². The Balaban J connectivity index is 3.24. The smallest absolute Gasteiger partial charge is 0.155 e. The van der Waals surface area contributed by atoms with E-state index in [9.17, 15) is 0 Å². The second-order valence-corrected chi connectivity index (χ2v) is 3.00. The highest BCUT2D eigenvalue weighted by Crippen LogP contribution is 2.03. The van der Waals surface area contributed by atoms with E-state index in [1.54, 1.807) is 0 Å². The zero-order valence-electron chi connectivity index (χ0n) is 7.89. The van der Waals surface area contributed by atoms with E-state index in [4.69, 9.17) is 5.11 Å². The molecule has 12 heavy (non-hydrogen) atoms. The maximum absolute atomic E-state index is 8.97. The van der Waals surface area contributed by atoms with Crippen molar-refractivity contribution in [3.8, 4) is 0 Å². The molecule has 1 aromatic heterocycles. The Morgan fingerprint density at radius 2 is 2.17 bits per heavy atom. The van der Waals surface area contributed by atoms with Crippen molar-refractivity contribution in [3.63, 3.8) is 0 Å². The minimum atomic E-state index is 0.0408. The van der Waals surface area contributed by atoms with E-state index in [1.165, 1.54) is 11.0 Å². The van der Waals surface area contributed by atoms with Gasteiger partial charge in [0.2, 0.25) is 0 Å². The van der Waals surface area contributed by atoms with Crippen LogP contribution in [0.15, 0.2) is 6.20 Å². The summed E-state index contributed by atoms with van der Waals surface area (Å²) < 4.78 is 0. The molecular weight excluding hydrogens is 149 g/mol. The number of rotatable bonds is 2. The molecule has 0 aliphatic carbocycles. The normalized spacial score (nSPS) is 10.0. The predicted molar refractivity (Wildman–Crippen MR) is 52.3 cm³/mol. The lowest BCUT2D eigenvalue weighted by Gasteiger charge is -2.09. The second kappa shape index (κ2) is 3.72. The Morgan fingerprint density at radius 1 is 1.50 bits per heavy atom. The molecule has 1 heterocycles. The van der Waals surface area contributed by atoms with Gasteiger partial charge < -0.3 is 5.11 Å². The first kappa shape index (κ1) is 9.26. The zero-order valence-corrected chi connectivity index (χ0v) is 7.89. The highest BCUT2D eigenvalue weighted by atomic mass is 16.3. The molecule has 0 saturated heterocycles. The Morgan fingerprint density at radius 3 is 2.67 bits per heavy atom. The monoisotopic (exact) mass is 163 g/mol. The molecule has 0 unspecified atom stereocenters. The Bertz CT molecular complexity index is 286. The van der Waals surface area contributed by atoms with Gasteiger partial charge in [-0.15, -0.1) is 0 Å². The number of nitrogens with zero attached hydrogens (tertiary/aromatic N) is 1. The highest BCUT2D eigenvalue weighted by molar-refractivity contribution is 6.53. The van der Waals surface area contributed by atoms with Crippen molar-refractivity contribution in [2.45, 2.75) is 27.3 Å². The molecule has 0 saturated carbocycles. The fraction of sp³-hybridized carbons (Fsp3) is 0.444. The van der Waals surface area contributed by atoms with Gasteiger partial charge in [-0.25, -0.2) is 0 Å². The minimum Gasteiger partial charge on any atom is -0.390 e. The predicted octanol–water partition coefficient (Wildman–Crippen LogP) is 0.301. The molecule has 0 atom stereocenters. The van der Waals surface area contributed by atoms with E-state index >= 15 is 0 Å². The van der Waals surface area contributed by atoms with Gasteiger partial charge in [0.05, 0.1) is 12.3 Å². The SMILES string of the molecule is CBc1c(C)cnc(CO)c1C. The number of aliphatic hydroxyl groups excluding tert-OH is 1. The maximum Gasteiger partial charge on any atom is 0.155 e. The molecule has 0 spiro atoms. The Kier molecular flexibility index (Phi) is 2.87. The lowest BCUT2D eigenvalue weighted by atomic mass is 9.69. The molecule has 1 N–H and O–H groups in total. The number of hydrogen-bond acceptors (Lipinski definition) is 2. The van der Waals surface area contributed by atoms with Crippen LogP contribution in [-0.4, -0.2) is 17.4 Å². The van der Waals surface area contributed by atoms with E-state index < -0.39 is 0 Å². The first-order valence-electron chi connectivity index (χ1n) is 4.25. The molecule has 0 amide bonds. The third-order valence-corrected chi connectivity index (χ3v) is 2.28. The molecule has 1 rings (SSSR count). The van der Waals surface area contributed by atoms with E-state index in [-0.39, 0.29) is 6.61 Å². The maximum atomic E-state index is 8.97. The van der Waals surface area contributed by atoms with E-state index in [1.807, 2.05) is 13.1 Å². The molecule has 1 aromatic rings. The highest BCUT2D eigenvalue weighted by Gasteiger charge is 2.05. The summed E-state index contributed by atoms with van der Waals surface area (Å²) in [5, 5.41) is 8.97. The number of aryl methyl sites for hydroxylation is 1. The molecule has 3 heteroatoms. The zero-order chi connectivity index (χ0) is 9.14. The van der Waals surface area contributed by atoms with Gasteiger partial charge in [-0.2, -0.15) is 0 Å². The number of pyridine rings is 1. The van der Waals surface area contributed by atoms with Crippen molar-refractivity contribution in [1.29, 1.82) is 0 Å². The van der Waals surface area contributed by atoms with Crippen molar-refractivity contribution >= 4 is 12.7 Å². The quantitative estimate of drug-likeness (QED) is 0.636. The Labute approximate surface area is 73.9 Å². The van der Waals surface area contributed by atoms with Gasteiger partial charge >= 0.3 is 0 Å². The summed E-state index contributed by atoms with van der Waals surface area (Å²) in [4.78, 5) is 4.15. The summed E-state index contributed by atoms with van der Waals surface area (Å²) >= 11 is 0. The summed E-state index contributed by atoms with van der Waals surface area (Å²) in [6, 6.07) is 0. The van der Waals surface area contributed by atoms with Crippen molar-refractivity contribution in [1.82, 2.24) is 4.98 Å². The van der Waals surface area contributed by atoms with Crippen molar-refractivity contribution in [2.75, 3.05) is 0 Å². The van der Waals surface area contributed by atoms with Crippen LogP contribution in [0.2, 0.25) is 6.82 Å². The van der Waals surface area contributed by atoms with E-state index in [0.29, 0.717) is 0 Å². The number of aromatic nitrogens is 1. The molecule has 64 valence electrons. The van der Waals surface area contributed by atoms with Gasteiger partial charge in [-0.3, -0.25) is 4.98 Å². The van der Waals surface area contributed by atoms with Gasteiger partial charge in [-0.05, 0) is 25.0 Å². The fourth-order valence-electron chi connectivity index (χ4n) is 1.52. The van der Waals surface area contributed by atoms with Crippen LogP contribution >= 0.6 is 0 Å². The van der Waals surface area contributed by atoms with Gasteiger partial charge in [-0.1, -0.05) is 12.3 Å². The summed E-state index contributed by atoms with van der Waals surface area (Å²) in [6.07, 6.45) is 1.83. The van der Waals surface area contributed by atoms with Crippen LogP contribution in [0.5, 0.6) is 0 Å². The van der Waals surface area contributed by atoms with Crippen molar-refractivity contribution < 1.29 is 5.11 Å². The fourth-order valence-corrected chi connectivity index (χ4v) is 1.52. The van der Waals surface area contributed by atoms with Crippen LogP contribution in [-0.2, 0) is 6.61 Å². The second-order valence-electron chi connectivity index (χ2n) is 3.00. The molecule has 0 aliphatic rings. The first-order valence-corrected chi connectivity index (χ1v) is 4.25. The van der Waals surface area contributed by atoms with Crippen molar-refractivity contribution in [3.05, 3.63) is 23.0 Å². The van der Waals surface area contributed by atoms with Crippen LogP contribution in [0, 0.1) is 13.8 Å². The number of aliphatic hydroxyl groups is 1. The molecule has 0 bridgehead atoms. The Hall–Kier alpha value is -0.825. The minimum absolute atomic E-state index is 0.0408. The standard InChI is InChI=1S/C9H14BNO/c1-6-4-11-8(5-12)7(2)9(6)10-3/h4,10,12H,5H2,1-3H3. The van der Waals surface area contributed by atoms with Crippen LogP contribution in [0.3, 0.4) is 0 Å². The summed E-state index contributed by atoms with van der Waals surface area (Å²) in [5.41, 5.74) is 4.47. The summed E-state index contributed by atoms with van der Waals surface area (Å²) in [5.74, 6) is 0. The first-order chi connectivity index (χ1) is 5.70. The third-order valence-electron chi connectivity index (χ3n) is 2.28. The van der Waals surface area contributed by atoms with E-state index in [2.05, 4.69) is 18.7 Å². The molecular formula is C9H14BNO. The topological polar surface area (TPSA) is 33.1 Å². The third kappa shape index (κ3) is 1.51. The lowest BCUT2D eigenvalue weighted by Crippen LogP contribution is -2.21. The van der Waals surface area contributed by atoms with Gasteiger partial charge in [0.1, 0.15) is 0 Å². The average molecular weight is 163 g/mol. The van der Waals surface area contributed by atoms with E-state index in [0.717, 1.165) is 18.5 Å². The number of hydrogen-bond donors (Lipinski definition) is 1. The molecule has 0 aliphatic heterocycles. The van der Waals surface area contributed by atoms with Gasteiger partial charge in [0.15, 0.2) is 7.28 Å². The summed E-state index contributed by atoms with van der Waals surface area (Å²) in [6.45, 7) is 6.24. The molecule has 0 aromatic carbocycles. The molecule has 2 nitrogen and oxygen atoms in total.